The molecule has 4 aromatic carbocycles. The van der Waals surface area contributed by atoms with Crippen LogP contribution < -0.4 is 19.0 Å². The lowest BCUT2D eigenvalue weighted by Crippen LogP contribution is -2.19. The van der Waals surface area contributed by atoms with Gasteiger partial charge in [0.15, 0.2) is 0 Å². The summed E-state index contributed by atoms with van der Waals surface area (Å²) in [5, 5.41) is 5.21. The molecule has 0 aliphatic heterocycles. The highest BCUT2D eigenvalue weighted by molar-refractivity contribution is 7.87. The Kier molecular flexibility index (Phi) is 9.13. The van der Waals surface area contributed by atoms with Crippen molar-refractivity contribution >= 4 is 37.6 Å². The summed E-state index contributed by atoms with van der Waals surface area (Å²) in [7, 11) is -8.22. The van der Waals surface area contributed by atoms with Gasteiger partial charge in [0.2, 0.25) is 0 Å². The van der Waals surface area contributed by atoms with Crippen LogP contribution in [0.2, 0.25) is 0 Å². The molecule has 44 heavy (non-hydrogen) atoms. The van der Waals surface area contributed by atoms with Crippen LogP contribution in [0.3, 0.4) is 0 Å². The monoisotopic (exact) mass is 636 g/mol. The number of anilines is 2. The van der Waals surface area contributed by atoms with Crippen LogP contribution in [0.25, 0.3) is 0 Å². The number of amides is 2. The number of benzene rings is 4. The van der Waals surface area contributed by atoms with Gasteiger partial charge in [-0.1, -0.05) is 77.9 Å². The first kappa shape index (κ1) is 32.6. The SMILES string of the molecule is CC(C)(C)c1ccc(S(=O)(=O)Oc2cccc(NC(=O)Nc3cccc(OS(=O)(=O)c4ccc(C(C)(C)C)cc4)c3)c2)cc1. The average Bonchev–Trinajstić information content (AvgIpc) is 2.92. The maximum Gasteiger partial charge on any atom is 0.339 e. The van der Waals surface area contributed by atoms with Crippen molar-refractivity contribution in [2.24, 2.45) is 0 Å². The molecule has 0 bridgehead atoms. The minimum Gasteiger partial charge on any atom is -0.379 e. The molecule has 0 atom stereocenters. The molecule has 0 saturated heterocycles. The molecule has 0 fully saturated rings. The van der Waals surface area contributed by atoms with Gasteiger partial charge < -0.3 is 19.0 Å². The summed E-state index contributed by atoms with van der Waals surface area (Å²) >= 11 is 0. The van der Waals surface area contributed by atoms with Crippen LogP contribution in [0.15, 0.2) is 107 Å². The fourth-order valence-corrected chi connectivity index (χ4v) is 5.98. The van der Waals surface area contributed by atoms with E-state index in [1.165, 1.54) is 60.7 Å². The number of rotatable bonds is 8. The fraction of sp³-hybridized carbons (Fsp3) is 0.242. The van der Waals surface area contributed by atoms with E-state index in [4.69, 9.17) is 8.37 Å². The second kappa shape index (κ2) is 12.3. The van der Waals surface area contributed by atoms with Gasteiger partial charge in [-0.15, -0.1) is 0 Å². The number of carbonyl (C=O) groups excluding carboxylic acids is 1. The summed E-state index contributed by atoms with van der Waals surface area (Å²) in [4.78, 5) is 12.7. The van der Waals surface area contributed by atoms with E-state index in [1.807, 2.05) is 41.5 Å². The molecular formula is C33H36N2O7S2. The lowest BCUT2D eigenvalue weighted by Gasteiger charge is -2.19. The molecule has 0 aliphatic rings. The van der Waals surface area contributed by atoms with Crippen LogP contribution in [0.1, 0.15) is 52.7 Å². The summed E-state index contributed by atoms with van der Waals surface area (Å²) in [6.45, 7) is 12.2. The van der Waals surface area contributed by atoms with Crippen LogP contribution in [0.4, 0.5) is 16.2 Å². The first-order chi connectivity index (χ1) is 20.4. The molecule has 0 aliphatic carbocycles. The summed E-state index contributed by atoms with van der Waals surface area (Å²) in [5.74, 6) is 0.0256. The van der Waals surface area contributed by atoms with E-state index in [9.17, 15) is 21.6 Å². The molecule has 0 heterocycles. The van der Waals surface area contributed by atoms with Gasteiger partial charge in [-0.2, -0.15) is 16.8 Å². The Labute approximate surface area is 259 Å². The zero-order valence-electron chi connectivity index (χ0n) is 25.4. The maximum absolute atomic E-state index is 12.8. The largest absolute Gasteiger partial charge is 0.379 e. The second-order valence-electron chi connectivity index (χ2n) is 12.3. The maximum atomic E-state index is 12.8. The molecule has 4 aromatic rings. The lowest BCUT2D eigenvalue weighted by atomic mass is 9.87. The normalized spacial score (nSPS) is 12.3. The van der Waals surface area contributed by atoms with Crippen molar-refractivity contribution < 1.29 is 30.0 Å². The van der Waals surface area contributed by atoms with Gasteiger partial charge in [0, 0.05) is 23.5 Å². The van der Waals surface area contributed by atoms with E-state index >= 15 is 0 Å². The predicted molar refractivity (Wildman–Crippen MR) is 171 cm³/mol. The van der Waals surface area contributed by atoms with E-state index in [1.54, 1.807) is 36.4 Å². The van der Waals surface area contributed by atoms with Crippen LogP contribution in [-0.2, 0) is 31.1 Å². The molecular weight excluding hydrogens is 601 g/mol. The number of urea groups is 1. The van der Waals surface area contributed by atoms with Crippen molar-refractivity contribution in [2.75, 3.05) is 10.6 Å². The average molecular weight is 637 g/mol. The number of hydrogen-bond acceptors (Lipinski definition) is 7. The Morgan fingerprint density at radius 1 is 0.545 bits per heavy atom. The number of carbonyl (C=O) groups is 1. The quantitative estimate of drug-likeness (QED) is 0.192. The Balaban J connectivity index is 1.40. The van der Waals surface area contributed by atoms with Crippen LogP contribution in [-0.4, -0.2) is 22.9 Å². The van der Waals surface area contributed by atoms with Gasteiger partial charge in [-0.25, -0.2) is 4.79 Å². The van der Waals surface area contributed by atoms with Crippen molar-refractivity contribution in [3.05, 3.63) is 108 Å². The van der Waals surface area contributed by atoms with Gasteiger partial charge >= 0.3 is 26.3 Å². The Morgan fingerprint density at radius 3 is 1.20 bits per heavy atom. The Bertz CT molecular complexity index is 1720. The Morgan fingerprint density at radius 2 is 0.886 bits per heavy atom. The minimum absolute atomic E-state index is 0.00708. The zero-order chi connectivity index (χ0) is 32.3. The molecule has 11 heteroatoms. The van der Waals surface area contributed by atoms with E-state index in [2.05, 4.69) is 10.6 Å². The molecule has 0 saturated carbocycles. The van der Waals surface area contributed by atoms with Crippen LogP contribution >= 0.6 is 0 Å². The first-order valence-corrected chi connectivity index (χ1v) is 16.6. The van der Waals surface area contributed by atoms with Gasteiger partial charge in [0.05, 0.1) is 0 Å². The lowest BCUT2D eigenvalue weighted by molar-refractivity contribution is 0.262. The highest BCUT2D eigenvalue weighted by Gasteiger charge is 2.21. The molecule has 9 nitrogen and oxygen atoms in total. The molecule has 0 radical (unpaired) electrons. The predicted octanol–water partition coefficient (Wildman–Crippen LogP) is 7.46. The minimum atomic E-state index is -4.11. The highest BCUT2D eigenvalue weighted by Crippen LogP contribution is 2.28. The summed E-state index contributed by atoms with van der Waals surface area (Å²) in [6, 6.07) is 24.2. The smallest absolute Gasteiger partial charge is 0.339 e. The van der Waals surface area contributed by atoms with E-state index < -0.39 is 26.3 Å². The molecule has 0 unspecified atom stereocenters. The first-order valence-electron chi connectivity index (χ1n) is 13.8. The summed E-state index contributed by atoms with van der Waals surface area (Å²) < 4.78 is 62.0. The third kappa shape index (κ3) is 8.39. The van der Waals surface area contributed by atoms with Crippen molar-refractivity contribution in [1.29, 1.82) is 0 Å². The van der Waals surface area contributed by atoms with Gasteiger partial charge in [-0.3, -0.25) is 0 Å². The molecule has 2 N–H and O–H groups in total. The van der Waals surface area contributed by atoms with Gasteiger partial charge in [0.25, 0.3) is 0 Å². The van der Waals surface area contributed by atoms with Crippen molar-refractivity contribution in [2.45, 2.75) is 62.2 Å². The van der Waals surface area contributed by atoms with Gasteiger partial charge in [-0.05, 0) is 70.5 Å². The summed E-state index contributed by atoms with van der Waals surface area (Å²) in [5.41, 5.74) is 2.25. The number of nitrogens with one attached hydrogen (secondary N) is 2. The molecule has 0 aromatic heterocycles. The van der Waals surface area contributed by atoms with Crippen LogP contribution in [0, 0.1) is 0 Å². The van der Waals surface area contributed by atoms with E-state index in [-0.39, 0.29) is 43.5 Å². The molecule has 2 amide bonds. The standard InChI is InChI=1S/C33H36N2O7S2/c1-32(2,3)23-13-17-29(18-14-23)43(37,38)41-27-11-7-9-25(21-27)34-31(36)35-26-10-8-12-28(22-26)42-44(39,40)30-19-15-24(16-20-30)33(4,5)6/h7-22H,1-6H3,(H2,34,35,36). The van der Waals surface area contributed by atoms with Gasteiger partial charge in [0.1, 0.15) is 21.3 Å². The Hall–Kier alpha value is -4.35. The fourth-order valence-electron chi connectivity index (χ4n) is 4.14. The third-order valence-electron chi connectivity index (χ3n) is 6.61. The van der Waals surface area contributed by atoms with Crippen molar-refractivity contribution in [1.82, 2.24) is 0 Å². The zero-order valence-corrected chi connectivity index (χ0v) is 27.0. The third-order valence-corrected chi connectivity index (χ3v) is 9.14. The van der Waals surface area contributed by atoms with Crippen molar-refractivity contribution in [3.63, 3.8) is 0 Å². The number of hydrogen-bond donors (Lipinski definition) is 2. The molecule has 4 rings (SSSR count). The van der Waals surface area contributed by atoms with Crippen molar-refractivity contribution in [3.8, 4) is 11.5 Å². The van der Waals surface area contributed by atoms with E-state index in [0.717, 1.165) is 11.1 Å². The van der Waals surface area contributed by atoms with E-state index in [0.29, 0.717) is 0 Å². The topological polar surface area (TPSA) is 128 Å². The molecule has 232 valence electrons. The molecule has 0 spiro atoms. The highest BCUT2D eigenvalue weighted by atomic mass is 32.2. The summed E-state index contributed by atoms with van der Waals surface area (Å²) in [6.07, 6.45) is 0. The van der Waals surface area contributed by atoms with Crippen LogP contribution in [0.5, 0.6) is 11.5 Å². The second-order valence-corrected chi connectivity index (χ2v) is 15.4.